The molecule has 2 aromatic heterocycles. The zero-order valence-electron chi connectivity index (χ0n) is 23.0. The number of pyridine rings is 1. The second-order valence-electron chi connectivity index (χ2n) is 10.0. The third-order valence-electron chi connectivity index (χ3n) is 7.90. The molecule has 0 aliphatic heterocycles. The Bertz CT molecular complexity index is 1760. The minimum atomic E-state index is 0. The summed E-state index contributed by atoms with van der Waals surface area (Å²) in [5.41, 5.74) is 4.37. The topological polar surface area (TPSA) is 54.6 Å². The van der Waals surface area contributed by atoms with Gasteiger partial charge in [0.25, 0.3) is 0 Å². The average Bonchev–Trinajstić information content (AvgIpc) is 3.34. The molecule has 0 saturated carbocycles. The van der Waals surface area contributed by atoms with Crippen molar-refractivity contribution in [1.82, 2.24) is 9.38 Å². The molecule has 0 aliphatic carbocycles. The first kappa shape index (κ1) is 28.7. The number of ketones is 1. The molecule has 39 heavy (non-hydrogen) atoms. The number of hydrogen-bond donors (Lipinski definition) is 1. The van der Waals surface area contributed by atoms with E-state index in [0.717, 1.165) is 47.8 Å². The number of carbonyl (C=O) groups excluding carboxylic acids is 1. The summed E-state index contributed by atoms with van der Waals surface area (Å²) in [6.45, 7) is 8.07. The Balaban J connectivity index is 0.000000196. The van der Waals surface area contributed by atoms with Crippen LogP contribution in [-0.4, -0.2) is 20.3 Å². The van der Waals surface area contributed by atoms with Gasteiger partial charge in [0, 0.05) is 43.5 Å². The molecule has 5 heteroatoms. The van der Waals surface area contributed by atoms with E-state index in [1.165, 1.54) is 33.1 Å². The summed E-state index contributed by atoms with van der Waals surface area (Å²) < 4.78 is 2.27. The number of fused-ring (bicyclic) bond motifs is 5. The first-order valence-corrected chi connectivity index (χ1v) is 13.8. The first-order chi connectivity index (χ1) is 18.5. The van der Waals surface area contributed by atoms with Crippen molar-refractivity contribution in [3.8, 4) is 0 Å². The van der Waals surface area contributed by atoms with Crippen molar-refractivity contribution in [1.29, 1.82) is 0 Å². The summed E-state index contributed by atoms with van der Waals surface area (Å²) in [6.07, 6.45) is 4.91. The van der Waals surface area contributed by atoms with Crippen LogP contribution in [0.15, 0.2) is 78.6 Å². The van der Waals surface area contributed by atoms with Crippen molar-refractivity contribution >= 4 is 54.9 Å². The van der Waals surface area contributed by atoms with Crippen LogP contribution in [0.25, 0.3) is 49.1 Å². The zero-order chi connectivity index (χ0) is 26.8. The Labute approximate surface area is 243 Å². The van der Waals surface area contributed by atoms with Gasteiger partial charge in [-0.3, -0.25) is 9.78 Å². The van der Waals surface area contributed by atoms with Crippen LogP contribution in [0.2, 0.25) is 0 Å². The van der Waals surface area contributed by atoms with E-state index in [4.69, 9.17) is 4.98 Å². The summed E-state index contributed by atoms with van der Waals surface area (Å²) in [5.74, 6) is 0.547. The Morgan fingerprint density at radius 1 is 0.846 bits per heavy atom. The Morgan fingerprint density at radius 2 is 1.49 bits per heavy atom. The number of hydrogen-bond acceptors (Lipinski definition) is 3. The van der Waals surface area contributed by atoms with Crippen molar-refractivity contribution < 1.29 is 30.0 Å². The summed E-state index contributed by atoms with van der Waals surface area (Å²) >= 11 is 0. The number of benzene rings is 4. The van der Waals surface area contributed by atoms with Crippen molar-refractivity contribution in [3.05, 3.63) is 84.6 Å². The molecule has 6 aromatic rings. The molecule has 0 saturated heterocycles. The normalized spacial score (nSPS) is 12.1. The van der Waals surface area contributed by atoms with Crippen LogP contribution in [0.3, 0.4) is 0 Å². The number of allylic oxidation sites excluding steroid dienone is 2. The van der Waals surface area contributed by atoms with Crippen molar-refractivity contribution in [2.45, 2.75) is 53.4 Å². The maximum Gasteiger partial charge on any atom is 0.162 e. The van der Waals surface area contributed by atoms with Gasteiger partial charge < -0.3 is 9.51 Å². The van der Waals surface area contributed by atoms with Gasteiger partial charge in [0.1, 0.15) is 0 Å². The Hall–Kier alpha value is -3.27. The third-order valence-corrected chi connectivity index (χ3v) is 7.90. The number of aliphatic hydroxyl groups is 1. The van der Waals surface area contributed by atoms with Crippen LogP contribution in [0.5, 0.6) is 0 Å². The SMILES string of the molecule is CCC(CC)C(=O)/C=C(\O)C(CC)CC.[Ir].[c-]1ccc2ccc3cccc4c3c2c1c1nc2ccccc2n41. The number of nitrogens with zero attached hydrogens (tertiary/aromatic N) is 2. The molecule has 4 aromatic carbocycles. The molecule has 0 unspecified atom stereocenters. The average molecular weight is 696 g/mol. The van der Waals surface area contributed by atoms with E-state index >= 15 is 0 Å². The van der Waals surface area contributed by atoms with Crippen LogP contribution in [0.1, 0.15) is 53.4 Å². The van der Waals surface area contributed by atoms with Gasteiger partial charge in [-0.05, 0) is 54.7 Å². The van der Waals surface area contributed by atoms with Crippen LogP contribution in [-0.2, 0) is 24.9 Å². The monoisotopic (exact) mass is 696 g/mol. The second-order valence-corrected chi connectivity index (χ2v) is 10.0. The molecule has 1 N–H and O–H groups in total. The maximum atomic E-state index is 11.7. The van der Waals surface area contributed by atoms with E-state index in [-0.39, 0.29) is 43.5 Å². The fourth-order valence-corrected chi connectivity index (χ4v) is 5.65. The number of para-hydroxylation sites is 2. The minimum absolute atomic E-state index is 0. The van der Waals surface area contributed by atoms with E-state index in [0.29, 0.717) is 0 Å². The van der Waals surface area contributed by atoms with Crippen LogP contribution in [0.4, 0.5) is 0 Å². The van der Waals surface area contributed by atoms with Gasteiger partial charge in [-0.2, -0.15) is 0 Å². The summed E-state index contributed by atoms with van der Waals surface area (Å²) in [5, 5.41) is 15.9. The molecule has 0 atom stereocenters. The molecule has 0 spiro atoms. The third kappa shape index (κ3) is 5.18. The van der Waals surface area contributed by atoms with Crippen LogP contribution >= 0.6 is 0 Å². The number of aliphatic hydroxyl groups excluding tert-OH is 1. The summed E-state index contributed by atoms with van der Waals surface area (Å²) in [4.78, 5) is 16.6. The van der Waals surface area contributed by atoms with Gasteiger partial charge in [0.15, 0.2) is 5.78 Å². The van der Waals surface area contributed by atoms with Gasteiger partial charge in [0.05, 0.1) is 22.4 Å². The van der Waals surface area contributed by atoms with E-state index in [9.17, 15) is 9.90 Å². The molecule has 6 rings (SSSR count). The van der Waals surface area contributed by atoms with Gasteiger partial charge in [-0.15, -0.1) is 23.6 Å². The minimum Gasteiger partial charge on any atom is -0.512 e. The zero-order valence-corrected chi connectivity index (χ0v) is 25.4. The van der Waals surface area contributed by atoms with E-state index in [1.54, 1.807) is 0 Å². The number of aromatic nitrogens is 2. The van der Waals surface area contributed by atoms with Gasteiger partial charge in [0.2, 0.25) is 0 Å². The predicted octanol–water partition coefficient (Wildman–Crippen LogP) is 9.05. The van der Waals surface area contributed by atoms with Gasteiger partial charge in [-0.25, -0.2) is 0 Å². The molecular weight excluding hydrogens is 661 g/mol. The van der Waals surface area contributed by atoms with Crippen molar-refractivity contribution in [2.75, 3.05) is 0 Å². The van der Waals surface area contributed by atoms with Gasteiger partial charge >= 0.3 is 0 Å². The fraction of sp³-hybridized carbons (Fsp3) is 0.294. The molecular formula is C34H35IrN2O2-. The number of imidazole rings is 1. The standard InChI is InChI=1S/C21H11N2.C13H24O2.Ir/c1-2-9-17-16(8-1)22-21-15-7-3-5-13-11-12-14-6-4-10-18(23(17)21)20(14)19(13)15;1-5-10(6-2)12(14)9-13(15)11(7-3)8-4;/h1-6,8-12H;9-11,14H,5-8H2,1-4H3;/q-1;;/b;12-9-;. The maximum absolute atomic E-state index is 11.7. The number of rotatable bonds is 7. The van der Waals surface area contributed by atoms with Crippen molar-refractivity contribution in [3.63, 3.8) is 0 Å². The Kier molecular flexibility index (Phi) is 9.04. The first-order valence-electron chi connectivity index (χ1n) is 13.8. The quantitative estimate of drug-likeness (QED) is 0.0785. The molecule has 1 radical (unpaired) electrons. The molecule has 0 aliphatic rings. The van der Waals surface area contributed by atoms with Crippen LogP contribution < -0.4 is 0 Å². The number of carbonyl (C=O) groups is 1. The largest absolute Gasteiger partial charge is 0.512 e. The van der Waals surface area contributed by atoms with E-state index in [1.807, 2.05) is 39.8 Å². The molecule has 203 valence electrons. The smallest absolute Gasteiger partial charge is 0.162 e. The van der Waals surface area contributed by atoms with E-state index < -0.39 is 0 Å². The van der Waals surface area contributed by atoms with E-state index in [2.05, 4.69) is 65.1 Å². The van der Waals surface area contributed by atoms with Crippen LogP contribution in [0, 0.1) is 17.9 Å². The molecule has 0 fully saturated rings. The fourth-order valence-electron chi connectivity index (χ4n) is 5.65. The molecule has 0 amide bonds. The summed E-state index contributed by atoms with van der Waals surface area (Å²) in [7, 11) is 0. The van der Waals surface area contributed by atoms with Crippen molar-refractivity contribution in [2.24, 2.45) is 11.8 Å². The molecule has 2 heterocycles. The Morgan fingerprint density at radius 3 is 2.18 bits per heavy atom. The summed E-state index contributed by atoms with van der Waals surface area (Å²) in [6, 6.07) is 26.8. The molecule has 4 nitrogen and oxygen atoms in total. The molecule has 0 bridgehead atoms. The predicted molar refractivity (Wildman–Crippen MR) is 159 cm³/mol. The second kappa shape index (κ2) is 12.3. The van der Waals surface area contributed by atoms with Gasteiger partial charge in [-0.1, -0.05) is 74.9 Å².